The summed E-state index contributed by atoms with van der Waals surface area (Å²) < 4.78 is 77.6. The number of rotatable bonds is 19. The molecule has 312 valence electrons. The Morgan fingerprint density at radius 2 is 1.79 bits per heavy atom. The molecule has 58 heavy (non-hydrogen) atoms. The third-order valence-electron chi connectivity index (χ3n) is 10.6. The van der Waals surface area contributed by atoms with E-state index in [1.807, 2.05) is 13.0 Å². The predicted octanol–water partition coefficient (Wildman–Crippen LogP) is 11.9. The molecule has 1 unspecified atom stereocenters. The molecule has 0 bridgehead atoms. The van der Waals surface area contributed by atoms with Crippen molar-refractivity contribution in [3.8, 4) is 0 Å². The van der Waals surface area contributed by atoms with Gasteiger partial charge in [-0.1, -0.05) is 80.3 Å². The molecule has 5 rings (SSSR count). The van der Waals surface area contributed by atoms with Crippen LogP contribution in [0.2, 0.25) is 0 Å². The first kappa shape index (κ1) is 44.4. The van der Waals surface area contributed by atoms with E-state index in [2.05, 4.69) is 23.6 Å². The molecular weight excluding hydrogens is 747 g/mol. The summed E-state index contributed by atoms with van der Waals surface area (Å²) in [6.45, 7) is 14.0. The molecule has 11 heteroatoms. The van der Waals surface area contributed by atoms with E-state index in [-0.39, 0.29) is 29.0 Å². The summed E-state index contributed by atoms with van der Waals surface area (Å²) in [4.78, 5) is 12.2. The van der Waals surface area contributed by atoms with Gasteiger partial charge in [-0.25, -0.2) is 4.68 Å². The number of carbonyl (C=O) groups excluding carboxylic acids is 1. The zero-order chi connectivity index (χ0) is 41.5. The van der Waals surface area contributed by atoms with Crippen molar-refractivity contribution in [3.63, 3.8) is 0 Å². The highest BCUT2D eigenvalue weighted by molar-refractivity contribution is 6.01. The molecule has 2 aliphatic rings. The van der Waals surface area contributed by atoms with E-state index in [0.717, 1.165) is 69.8 Å². The van der Waals surface area contributed by atoms with E-state index >= 15 is 4.39 Å². The van der Waals surface area contributed by atoms with E-state index in [9.17, 15) is 18.0 Å². The van der Waals surface area contributed by atoms with Crippen molar-refractivity contribution in [2.75, 3.05) is 19.8 Å². The lowest BCUT2D eigenvalue weighted by atomic mass is 9.86. The van der Waals surface area contributed by atoms with Gasteiger partial charge in [0, 0.05) is 25.9 Å². The first-order chi connectivity index (χ1) is 28.0. The minimum atomic E-state index is -4.53. The maximum atomic E-state index is 15.5. The fourth-order valence-electron chi connectivity index (χ4n) is 7.46. The van der Waals surface area contributed by atoms with Crippen LogP contribution >= 0.6 is 0 Å². The van der Waals surface area contributed by atoms with Crippen molar-refractivity contribution in [1.29, 1.82) is 0 Å². The first-order valence-electron chi connectivity index (χ1n) is 20.5. The molecule has 2 fully saturated rings. The van der Waals surface area contributed by atoms with Gasteiger partial charge in [0.05, 0.1) is 23.4 Å². The Kier molecular flexibility index (Phi) is 16.7. The molecule has 0 radical (unpaired) electrons. The average molecular weight is 804 g/mol. The monoisotopic (exact) mass is 803 g/mol. The van der Waals surface area contributed by atoms with Gasteiger partial charge in [-0.2, -0.15) is 17.6 Å². The number of fused-ring (bicyclic) bond motifs is 1. The van der Waals surface area contributed by atoms with E-state index in [1.165, 1.54) is 4.68 Å². The highest BCUT2D eigenvalue weighted by Crippen LogP contribution is 2.41. The molecule has 0 saturated carbocycles. The Bertz CT molecular complexity index is 1970. The summed E-state index contributed by atoms with van der Waals surface area (Å²) in [5, 5.41) is 7.38. The number of amides is 1. The summed E-state index contributed by atoms with van der Waals surface area (Å²) in [6.07, 6.45) is 11.3. The Balaban J connectivity index is 1.28. The van der Waals surface area contributed by atoms with Crippen molar-refractivity contribution >= 4 is 28.0 Å². The minimum Gasteiger partial charge on any atom is -0.491 e. The molecule has 2 aromatic carbocycles. The summed E-state index contributed by atoms with van der Waals surface area (Å²) in [6, 6.07) is 13.7. The van der Waals surface area contributed by atoms with Crippen LogP contribution in [0.25, 0.3) is 22.0 Å². The van der Waals surface area contributed by atoms with Crippen LogP contribution < -0.4 is 5.32 Å². The summed E-state index contributed by atoms with van der Waals surface area (Å²) in [7, 11) is 0. The van der Waals surface area contributed by atoms with Gasteiger partial charge < -0.3 is 19.5 Å². The molecule has 3 heterocycles. The Morgan fingerprint density at radius 3 is 2.48 bits per heavy atom. The molecule has 1 amide bonds. The number of allylic oxidation sites excluding steroid dienone is 8. The molecule has 2 atom stereocenters. The highest BCUT2D eigenvalue weighted by atomic mass is 19.4. The van der Waals surface area contributed by atoms with Crippen molar-refractivity contribution < 1.29 is 36.6 Å². The lowest BCUT2D eigenvalue weighted by Gasteiger charge is -2.23. The topological polar surface area (TPSA) is 74.6 Å². The number of nitrogens with zero attached hydrogens (tertiary/aromatic N) is 2. The zero-order valence-electron chi connectivity index (χ0n) is 33.8. The maximum Gasteiger partial charge on any atom is 0.393 e. The fraction of sp³-hybridized carbons (Fsp3) is 0.447. The third-order valence-corrected chi connectivity index (χ3v) is 10.6. The van der Waals surface area contributed by atoms with E-state index < -0.39 is 24.8 Å². The number of nitrogens with one attached hydrogen (secondary N) is 1. The van der Waals surface area contributed by atoms with Crippen LogP contribution in [0.15, 0.2) is 109 Å². The van der Waals surface area contributed by atoms with E-state index in [1.54, 1.807) is 79.8 Å². The number of hydrogen-bond acceptors (Lipinski definition) is 5. The van der Waals surface area contributed by atoms with Crippen molar-refractivity contribution in [2.24, 2.45) is 0 Å². The minimum absolute atomic E-state index is 0.0561. The maximum absolute atomic E-state index is 15.5. The number of alkyl halides is 3. The number of hydrogen-bond donors (Lipinski definition) is 1. The van der Waals surface area contributed by atoms with Gasteiger partial charge in [0.15, 0.2) is 6.23 Å². The molecule has 2 aliphatic heterocycles. The van der Waals surface area contributed by atoms with Crippen molar-refractivity contribution in [2.45, 2.75) is 115 Å². The number of carbonyl (C=O) groups is 1. The van der Waals surface area contributed by atoms with Crippen LogP contribution in [0.4, 0.5) is 17.6 Å². The van der Waals surface area contributed by atoms with Gasteiger partial charge in [-0.15, -0.1) is 5.10 Å². The smallest absolute Gasteiger partial charge is 0.393 e. The first-order valence-corrected chi connectivity index (χ1v) is 20.5. The molecule has 1 aromatic heterocycles. The second kappa shape index (κ2) is 21.9. The molecule has 1 N–H and O–H groups in total. The number of ether oxygens (including phenoxy) is 3. The van der Waals surface area contributed by atoms with Gasteiger partial charge in [-0.05, 0) is 130 Å². The molecule has 0 spiro atoms. The summed E-state index contributed by atoms with van der Waals surface area (Å²) >= 11 is 0. The second-order valence-corrected chi connectivity index (χ2v) is 15.0. The van der Waals surface area contributed by atoms with Crippen molar-refractivity contribution in [1.82, 2.24) is 15.1 Å². The normalized spacial score (nSPS) is 18.1. The van der Waals surface area contributed by atoms with Gasteiger partial charge in [0.2, 0.25) is 11.9 Å². The quantitative estimate of drug-likeness (QED) is 0.0326. The molecule has 3 aromatic rings. The van der Waals surface area contributed by atoms with Crippen LogP contribution in [0.1, 0.15) is 108 Å². The van der Waals surface area contributed by atoms with E-state index in [0.29, 0.717) is 59.8 Å². The van der Waals surface area contributed by atoms with E-state index in [4.69, 9.17) is 14.2 Å². The van der Waals surface area contributed by atoms with Crippen LogP contribution in [0.5, 0.6) is 0 Å². The van der Waals surface area contributed by atoms with Crippen LogP contribution in [-0.4, -0.2) is 53.8 Å². The lowest BCUT2D eigenvalue weighted by molar-refractivity contribution is -0.123. The molecule has 0 aliphatic carbocycles. The number of halogens is 4. The number of benzene rings is 2. The standard InChI is InChI=1S/C47H57F4N3O4/c1-5-35(23-22-34(4)58-39(6-2)19-14-16-33(3)15-10-11-20-43(55)52-38-26-29-56-30-27-38)45(41(32-47(49,50)51)36-17-8-7-9-18-36)37-24-25-42-40(31-37)46(48)53-54(42)44-21-12-13-28-57-44/h5,7-9,11,17-18,20,22-25,31,38-39,44H,3-4,6,10,12-16,19,21,26-30,32H2,1-2H3,(H,52,55)/b20-11+,23-22-,35-5+,45-41+/t39-,44?/m0/s1. The van der Waals surface area contributed by atoms with Gasteiger partial charge in [0.25, 0.3) is 0 Å². The summed E-state index contributed by atoms with van der Waals surface area (Å²) in [5.41, 5.74) is 3.31. The average Bonchev–Trinajstić information content (AvgIpc) is 3.55. The predicted molar refractivity (Wildman–Crippen MR) is 223 cm³/mol. The highest BCUT2D eigenvalue weighted by Gasteiger charge is 2.32. The lowest BCUT2D eigenvalue weighted by Crippen LogP contribution is -2.37. The Hall–Kier alpha value is -4.74. The zero-order valence-corrected chi connectivity index (χ0v) is 33.8. The molecule has 7 nitrogen and oxygen atoms in total. The van der Waals surface area contributed by atoms with Gasteiger partial charge in [0.1, 0.15) is 5.76 Å². The van der Waals surface area contributed by atoms with Crippen LogP contribution in [0.3, 0.4) is 0 Å². The second-order valence-electron chi connectivity index (χ2n) is 15.0. The van der Waals surface area contributed by atoms with Crippen LogP contribution in [0, 0.1) is 5.95 Å². The third kappa shape index (κ3) is 13.1. The molecular formula is C47H57F4N3O4. The molecule has 2 saturated heterocycles. The van der Waals surface area contributed by atoms with Crippen molar-refractivity contribution in [3.05, 3.63) is 126 Å². The Labute approximate surface area is 340 Å². The fourth-order valence-corrected chi connectivity index (χ4v) is 7.46. The Morgan fingerprint density at radius 1 is 1.02 bits per heavy atom. The van der Waals surface area contributed by atoms with Gasteiger partial charge in [-0.3, -0.25) is 4.79 Å². The van der Waals surface area contributed by atoms with Crippen LogP contribution in [-0.2, 0) is 19.0 Å². The number of aromatic nitrogens is 2. The van der Waals surface area contributed by atoms with Gasteiger partial charge >= 0.3 is 6.18 Å². The summed E-state index contributed by atoms with van der Waals surface area (Å²) in [5.74, 6) is -0.411. The SMILES string of the molecule is C=C(CC/C=C/C(=O)NC1CCOCC1)CCC[C@H](CC)OC(=C)\C=C/C(=C\C)C(=C(/CC(F)(F)F)c1ccccc1)/c1ccc2c(c1)c(F)nn2C1CCCCO1. The largest absolute Gasteiger partial charge is 0.491 e.